The summed E-state index contributed by atoms with van der Waals surface area (Å²) in [4.78, 5) is 10.8. The third-order valence-corrected chi connectivity index (χ3v) is 2.78. The van der Waals surface area contributed by atoms with E-state index >= 15 is 0 Å². The first-order chi connectivity index (χ1) is 8.56. The molecule has 0 spiro atoms. The molecule has 0 atom stereocenters. The second-order valence-electron chi connectivity index (χ2n) is 3.50. The third kappa shape index (κ3) is 2.94. The highest BCUT2D eigenvalue weighted by Crippen LogP contribution is 2.27. The van der Waals surface area contributed by atoms with Gasteiger partial charge in [0.25, 0.3) is 0 Å². The quantitative estimate of drug-likeness (QED) is 0.903. The van der Waals surface area contributed by atoms with Gasteiger partial charge in [-0.25, -0.2) is 4.79 Å². The van der Waals surface area contributed by atoms with E-state index in [1.165, 1.54) is 12.1 Å². The van der Waals surface area contributed by atoms with E-state index in [0.717, 1.165) is 0 Å². The number of carboxylic acids is 1. The average Bonchev–Trinajstić information content (AvgIpc) is 2.32. The number of benzene rings is 2. The largest absolute Gasteiger partial charge is 0.478 e. The molecule has 0 aliphatic heterocycles. The van der Waals surface area contributed by atoms with Crippen LogP contribution in [0.15, 0.2) is 42.5 Å². The maximum absolute atomic E-state index is 10.8. The molecular formula is C13H8Cl2O3. The van der Waals surface area contributed by atoms with Crippen molar-refractivity contribution in [3.8, 4) is 11.5 Å². The molecule has 3 nitrogen and oxygen atoms in total. The highest BCUT2D eigenvalue weighted by molar-refractivity contribution is 6.33. The van der Waals surface area contributed by atoms with Crippen LogP contribution in [0.3, 0.4) is 0 Å². The summed E-state index contributed by atoms with van der Waals surface area (Å²) in [5.74, 6) is -0.0103. The average molecular weight is 283 g/mol. The fourth-order valence-electron chi connectivity index (χ4n) is 1.37. The van der Waals surface area contributed by atoms with Crippen LogP contribution in [0.25, 0.3) is 0 Å². The molecule has 2 rings (SSSR count). The summed E-state index contributed by atoms with van der Waals surface area (Å²) in [5, 5.41) is 9.58. The van der Waals surface area contributed by atoms with Crippen LogP contribution in [0.2, 0.25) is 10.0 Å². The van der Waals surface area contributed by atoms with Crippen LogP contribution < -0.4 is 4.74 Å². The minimum absolute atomic E-state index is 0.0418. The first-order valence-corrected chi connectivity index (χ1v) is 5.78. The summed E-state index contributed by atoms with van der Waals surface area (Å²) >= 11 is 11.6. The Morgan fingerprint density at radius 1 is 1.00 bits per heavy atom. The smallest absolute Gasteiger partial charge is 0.337 e. The zero-order chi connectivity index (χ0) is 13.1. The van der Waals surface area contributed by atoms with Gasteiger partial charge in [-0.15, -0.1) is 0 Å². The van der Waals surface area contributed by atoms with E-state index in [0.29, 0.717) is 16.5 Å². The van der Waals surface area contributed by atoms with Crippen LogP contribution in [-0.2, 0) is 0 Å². The fraction of sp³-hybridized carbons (Fsp3) is 0. The van der Waals surface area contributed by atoms with Crippen molar-refractivity contribution in [2.75, 3.05) is 0 Å². The van der Waals surface area contributed by atoms with Crippen molar-refractivity contribution >= 4 is 29.2 Å². The molecule has 0 fully saturated rings. The second-order valence-corrected chi connectivity index (χ2v) is 4.35. The molecule has 0 saturated carbocycles. The highest BCUT2D eigenvalue weighted by atomic mass is 35.5. The molecule has 0 saturated heterocycles. The molecule has 0 unspecified atom stereocenters. The lowest BCUT2D eigenvalue weighted by molar-refractivity contribution is 0.0697. The third-order valence-electron chi connectivity index (χ3n) is 2.22. The van der Waals surface area contributed by atoms with E-state index in [1.807, 2.05) is 0 Å². The summed E-state index contributed by atoms with van der Waals surface area (Å²) in [6, 6.07) is 11.2. The van der Waals surface area contributed by atoms with Crippen molar-refractivity contribution in [2.45, 2.75) is 0 Å². The van der Waals surface area contributed by atoms with Crippen LogP contribution in [0.5, 0.6) is 11.5 Å². The Hall–Kier alpha value is -1.71. The number of aromatic carboxylic acids is 1. The Bertz CT molecular complexity index is 579. The van der Waals surface area contributed by atoms with Gasteiger partial charge in [0, 0.05) is 11.1 Å². The molecule has 0 bridgehead atoms. The molecule has 0 radical (unpaired) electrons. The number of ether oxygens (including phenoxy) is 1. The number of halogens is 2. The van der Waals surface area contributed by atoms with Gasteiger partial charge in [-0.05, 0) is 36.4 Å². The summed E-state index contributed by atoms with van der Waals surface area (Å²) < 4.78 is 5.51. The Labute approximate surface area is 114 Å². The molecule has 2 aromatic rings. The van der Waals surface area contributed by atoms with E-state index in [1.54, 1.807) is 30.3 Å². The summed E-state index contributed by atoms with van der Waals surface area (Å²) in [7, 11) is 0. The van der Waals surface area contributed by atoms with E-state index in [-0.39, 0.29) is 10.6 Å². The van der Waals surface area contributed by atoms with Crippen LogP contribution in [0, 0.1) is 0 Å². The standard InChI is InChI=1S/C13H8Cl2O3/c14-8-1-3-9(4-2-8)18-10-5-6-11(13(16)17)12(15)7-10/h1-7H,(H,16,17). The monoisotopic (exact) mass is 282 g/mol. The maximum Gasteiger partial charge on any atom is 0.337 e. The van der Waals surface area contributed by atoms with Gasteiger partial charge in [0.1, 0.15) is 11.5 Å². The molecule has 0 aliphatic rings. The van der Waals surface area contributed by atoms with Gasteiger partial charge in [-0.2, -0.15) is 0 Å². The molecule has 0 aromatic heterocycles. The first kappa shape index (κ1) is 12.7. The predicted octanol–water partition coefficient (Wildman–Crippen LogP) is 4.48. The zero-order valence-electron chi connectivity index (χ0n) is 9.06. The highest BCUT2D eigenvalue weighted by Gasteiger charge is 2.09. The Balaban J connectivity index is 2.22. The number of carbonyl (C=O) groups is 1. The number of rotatable bonds is 3. The lowest BCUT2D eigenvalue weighted by atomic mass is 10.2. The minimum atomic E-state index is -1.07. The van der Waals surface area contributed by atoms with E-state index in [2.05, 4.69) is 0 Å². The lowest BCUT2D eigenvalue weighted by Crippen LogP contribution is -1.97. The molecule has 0 aliphatic carbocycles. The first-order valence-electron chi connectivity index (χ1n) is 5.02. The van der Waals surface area contributed by atoms with E-state index in [4.69, 9.17) is 33.0 Å². The molecule has 0 heterocycles. The maximum atomic E-state index is 10.8. The normalized spacial score (nSPS) is 10.1. The van der Waals surface area contributed by atoms with Crippen LogP contribution in [0.4, 0.5) is 0 Å². The number of carboxylic acid groups (broad SMARTS) is 1. The van der Waals surface area contributed by atoms with Crippen LogP contribution in [-0.4, -0.2) is 11.1 Å². The van der Waals surface area contributed by atoms with Crippen molar-refractivity contribution in [3.05, 3.63) is 58.1 Å². The molecule has 1 N–H and O–H groups in total. The lowest BCUT2D eigenvalue weighted by Gasteiger charge is -2.07. The van der Waals surface area contributed by atoms with Crippen molar-refractivity contribution in [1.29, 1.82) is 0 Å². The fourth-order valence-corrected chi connectivity index (χ4v) is 1.75. The second kappa shape index (κ2) is 5.29. The molecule has 92 valence electrons. The van der Waals surface area contributed by atoms with Crippen LogP contribution >= 0.6 is 23.2 Å². The van der Waals surface area contributed by atoms with Crippen molar-refractivity contribution < 1.29 is 14.6 Å². The zero-order valence-corrected chi connectivity index (χ0v) is 10.6. The van der Waals surface area contributed by atoms with Crippen LogP contribution in [0.1, 0.15) is 10.4 Å². The number of hydrogen-bond donors (Lipinski definition) is 1. The Morgan fingerprint density at radius 2 is 1.61 bits per heavy atom. The van der Waals surface area contributed by atoms with Gasteiger partial charge in [-0.1, -0.05) is 23.2 Å². The van der Waals surface area contributed by atoms with E-state index in [9.17, 15) is 4.79 Å². The van der Waals surface area contributed by atoms with Crippen molar-refractivity contribution in [3.63, 3.8) is 0 Å². The SMILES string of the molecule is O=C(O)c1ccc(Oc2ccc(Cl)cc2)cc1Cl. The molecule has 0 amide bonds. The van der Waals surface area contributed by atoms with Crippen molar-refractivity contribution in [2.24, 2.45) is 0 Å². The summed E-state index contributed by atoms with van der Waals surface area (Å²) in [6.07, 6.45) is 0. The summed E-state index contributed by atoms with van der Waals surface area (Å²) in [6.45, 7) is 0. The van der Waals surface area contributed by atoms with Gasteiger partial charge in [0.2, 0.25) is 0 Å². The Kier molecular flexibility index (Phi) is 3.75. The number of hydrogen-bond acceptors (Lipinski definition) is 2. The minimum Gasteiger partial charge on any atom is -0.478 e. The molecule has 5 heteroatoms. The molecular weight excluding hydrogens is 275 g/mol. The van der Waals surface area contributed by atoms with Gasteiger partial charge in [0.05, 0.1) is 10.6 Å². The van der Waals surface area contributed by atoms with Gasteiger partial charge in [-0.3, -0.25) is 0 Å². The van der Waals surface area contributed by atoms with Gasteiger partial charge in [0.15, 0.2) is 0 Å². The topological polar surface area (TPSA) is 46.5 Å². The van der Waals surface area contributed by atoms with E-state index < -0.39 is 5.97 Å². The van der Waals surface area contributed by atoms with Gasteiger partial charge < -0.3 is 9.84 Å². The molecule has 18 heavy (non-hydrogen) atoms. The predicted molar refractivity (Wildman–Crippen MR) is 69.9 cm³/mol. The van der Waals surface area contributed by atoms with Crippen molar-refractivity contribution in [1.82, 2.24) is 0 Å². The summed E-state index contributed by atoms with van der Waals surface area (Å²) in [5.41, 5.74) is 0.0418. The Morgan fingerprint density at radius 3 is 2.17 bits per heavy atom. The molecule has 2 aromatic carbocycles. The van der Waals surface area contributed by atoms with Gasteiger partial charge >= 0.3 is 5.97 Å².